The molecule has 1 aliphatic heterocycles. The highest BCUT2D eigenvalue weighted by Gasteiger charge is 2.18. The minimum absolute atomic E-state index is 0.516. The van der Waals surface area contributed by atoms with E-state index in [4.69, 9.17) is 4.52 Å². The summed E-state index contributed by atoms with van der Waals surface area (Å²) >= 11 is 0. The van der Waals surface area contributed by atoms with E-state index in [0.717, 1.165) is 37.6 Å². The van der Waals surface area contributed by atoms with Crippen LogP contribution in [0.3, 0.4) is 0 Å². The van der Waals surface area contributed by atoms with Crippen LogP contribution in [0.15, 0.2) is 47.1 Å². The normalized spacial score (nSPS) is 16.2. The fourth-order valence-electron chi connectivity index (χ4n) is 2.84. The molecule has 0 unspecified atom stereocenters. The van der Waals surface area contributed by atoms with E-state index in [1.54, 1.807) is 6.20 Å². The molecule has 1 aliphatic rings. The van der Waals surface area contributed by atoms with Crippen LogP contribution in [0.4, 0.5) is 0 Å². The second-order valence-electron chi connectivity index (χ2n) is 6.21. The molecule has 0 atom stereocenters. The molecule has 3 aromatic heterocycles. The fraction of sp³-hybridized carbons (Fsp3) is 0.333. The maximum Gasteiger partial charge on any atom is 0.241 e. The van der Waals surface area contributed by atoms with Gasteiger partial charge in [0.2, 0.25) is 11.7 Å². The average molecular weight is 336 g/mol. The van der Waals surface area contributed by atoms with Crippen molar-refractivity contribution in [1.82, 2.24) is 29.9 Å². The lowest BCUT2D eigenvalue weighted by atomic mass is 10.2. The zero-order valence-electron chi connectivity index (χ0n) is 14.2. The lowest BCUT2D eigenvalue weighted by Gasteiger charge is -2.31. The first kappa shape index (κ1) is 15.9. The predicted molar refractivity (Wildman–Crippen MR) is 93.5 cm³/mol. The van der Waals surface area contributed by atoms with E-state index >= 15 is 0 Å². The van der Waals surface area contributed by atoms with E-state index in [-0.39, 0.29) is 0 Å². The first-order valence-corrected chi connectivity index (χ1v) is 8.40. The summed E-state index contributed by atoms with van der Waals surface area (Å²) in [5.74, 6) is 1.14. The third kappa shape index (κ3) is 3.72. The summed E-state index contributed by atoms with van der Waals surface area (Å²) in [4.78, 5) is 18.1. The summed E-state index contributed by atoms with van der Waals surface area (Å²) < 4.78 is 5.42. The fourth-order valence-corrected chi connectivity index (χ4v) is 2.84. The third-order valence-electron chi connectivity index (χ3n) is 4.33. The Morgan fingerprint density at radius 1 is 0.920 bits per heavy atom. The van der Waals surface area contributed by atoms with Crippen LogP contribution in [0.5, 0.6) is 0 Å². The molecule has 25 heavy (non-hydrogen) atoms. The maximum absolute atomic E-state index is 5.42. The van der Waals surface area contributed by atoms with Crippen molar-refractivity contribution in [1.29, 1.82) is 0 Å². The summed E-state index contributed by atoms with van der Waals surface area (Å²) in [5.41, 5.74) is 2.31. The van der Waals surface area contributed by atoms with E-state index < -0.39 is 0 Å². The van der Waals surface area contributed by atoms with Gasteiger partial charge in [0, 0.05) is 32.4 Å². The summed E-state index contributed by atoms with van der Waals surface area (Å²) in [7, 11) is 2.14. The van der Waals surface area contributed by atoms with E-state index in [1.807, 2.05) is 36.4 Å². The molecule has 0 saturated carbocycles. The topological polar surface area (TPSA) is 71.2 Å². The molecule has 1 fully saturated rings. The number of aromatic nitrogens is 4. The molecule has 128 valence electrons. The zero-order valence-corrected chi connectivity index (χ0v) is 14.2. The van der Waals surface area contributed by atoms with Crippen LogP contribution in [0.25, 0.3) is 22.9 Å². The smallest absolute Gasteiger partial charge is 0.241 e. The molecule has 4 rings (SSSR count). The Balaban J connectivity index is 1.50. The molecule has 0 aliphatic carbocycles. The predicted octanol–water partition coefficient (Wildman–Crippen LogP) is 1.94. The number of likely N-dealkylation sites (N-methyl/N-ethyl adjacent to an activating group) is 1. The molecule has 0 N–H and O–H groups in total. The van der Waals surface area contributed by atoms with Crippen LogP contribution in [0.2, 0.25) is 0 Å². The van der Waals surface area contributed by atoms with Crippen LogP contribution in [0.1, 0.15) is 5.89 Å². The molecule has 7 heteroatoms. The number of nitrogens with zero attached hydrogens (tertiary/aromatic N) is 6. The molecule has 0 bridgehead atoms. The molecule has 4 heterocycles. The summed E-state index contributed by atoms with van der Waals surface area (Å²) in [6, 6.07) is 11.5. The van der Waals surface area contributed by atoms with Crippen molar-refractivity contribution in [3.63, 3.8) is 0 Å². The average Bonchev–Trinajstić information content (AvgIpc) is 3.13. The highest BCUT2D eigenvalue weighted by Crippen LogP contribution is 2.19. The molecule has 0 spiro atoms. The highest BCUT2D eigenvalue weighted by molar-refractivity contribution is 5.59. The Hall–Kier alpha value is -2.64. The van der Waals surface area contributed by atoms with Gasteiger partial charge in [-0.3, -0.25) is 9.88 Å². The number of hydrogen-bond acceptors (Lipinski definition) is 7. The number of hydrogen-bond donors (Lipinski definition) is 0. The molecule has 0 amide bonds. The zero-order chi connectivity index (χ0) is 17.1. The van der Waals surface area contributed by atoms with E-state index in [1.165, 1.54) is 0 Å². The van der Waals surface area contributed by atoms with Crippen molar-refractivity contribution in [2.75, 3.05) is 33.2 Å². The quantitative estimate of drug-likeness (QED) is 0.721. The molecule has 1 saturated heterocycles. The molecule has 0 radical (unpaired) electrons. The van der Waals surface area contributed by atoms with Gasteiger partial charge < -0.3 is 9.42 Å². The summed E-state index contributed by atoms with van der Waals surface area (Å²) in [5, 5.41) is 4.10. The SMILES string of the molecule is CN1CCN(Cc2nc(-c3cccc(-c4ccccn4)n3)no2)CC1. The molecule has 3 aromatic rings. The Kier molecular flexibility index (Phi) is 4.49. The van der Waals surface area contributed by atoms with Crippen molar-refractivity contribution < 1.29 is 4.52 Å². The van der Waals surface area contributed by atoms with Crippen LogP contribution in [-0.4, -0.2) is 63.1 Å². The van der Waals surface area contributed by atoms with Crippen LogP contribution in [-0.2, 0) is 6.54 Å². The van der Waals surface area contributed by atoms with Crippen LogP contribution < -0.4 is 0 Å². The van der Waals surface area contributed by atoms with Crippen molar-refractivity contribution in [2.45, 2.75) is 6.54 Å². The van der Waals surface area contributed by atoms with Gasteiger partial charge in [0.1, 0.15) is 5.69 Å². The van der Waals surface area contributed by atoms with E-state index in [9.17, 15) is 0 Å². The van der Waals surface area contributed by atoms with E-state index in [2.05, 4.69) is 37.0 Å². The van der Waals surface area contributed by atoms with Crippen molar-refractivity contribution in [3.8, 4) is 22.9 Å². The molecular weight excluding hydrogens is 316 g/mol. The van der Waals surface area contributed by atoms with Gasteiger partial charge in [-0.25, -0.2) is 4.98 Å². The van der Waals surface area contributed by atoms with Crippen molar-refractivity contribution >= 4 is 0 Å². The Labute approximate surface area is 146 Å². The maximum atomic E-state index is 5.42. The minimum atomic E-state index is 0.516. The summed E-state index contributed by atoms with van der Waals surface area (Å²) in [6.45, 7) is 4.84. The van der Waals surface area contributed by atoms with Gasteiger partial charge in [-0.2, -0.15) is 4.98 Å². The van der Waals surface area contributed by atoms with Gasteiger partial charge in [0.05, 0.1) is 17.9 Å². The van der Waals surface area contributed by atoms with Gasteiger partial charge in [0.25, 0.3) is 0 Å². The monoisotopic (exact) mass is 336 g/mol. The van der Waals surface area contributed by atoms with Crippen molar-refractivity contribution in [2.24, 2.45) is 0 Å². The first-order chi connectivity index (χ1) is 12.3. The lowest BCUT2D eigenvalue weighted by Crippen LogP contribution is -2.43. The van der Waals surface area contributed by atoms with Gasteiger partial charge in [-0.05, 0) is 31.3 Å². The molecule has 7 nitrogen and oxygen atoms in total. The van der Waals surface area contributed by atoms with Crippen LogP contribution in [0, 0.1) is 0 Å². The highest BCUT2D eigenvalue weighted by atomic mass is 16.5. The molecule has 0 aromatic carbocycles. The largest absolute Gasteiger partial charge is 0.337 e. The number of rotatable bonds is 4. The second kappa shape index (κ2) is 7.08. The van der Waals surface area contributed by atoms with Gasteiger partial charge in [-0.1, -0.05) is 17.3 Å². The van der Waals surface area contributed by atoms with E-state index in [0.29, 0.717) is 24.0 Å². The van der Waals surface area contributed by atoms with Gasteiger partial charge in [0.15, 0.2) is 0 Å². The minimum Gasteiger partial charge on any atom is -0.337 e. The van der Waals surface area contributed by atoms with Crippen molar-refractivity contribution in [3.05, 3.63) is 48.5 Å². The first-order valence-electron chi connectivity index (χ1n) is 8.40. The Bertz CT molecular complexity index is 826. The second-order valence-corrected chi connectivity index (χ2v) is 6.21. The lowest BCUT2D eigenvalue weighted by molar-refractivity contribution is 0.135. The third-order valence-corrected chi connectivity index (χ3v) is 4.33. The van der Waals surface area contributed by atoms with Gasteiger partial charge >= 0.3 is 0 Å². The van der Waals surface area contributed by atoms with Gasteiger partial charge in [-0.15, -0.1) is 0 Å². The Morgan fingerprint density at radius 2 is 1.72 bits per heavy atom. The van der Waals surface area contributed by atoms with Crippen LogP contribution >= 0.6 is 0 Å². The standard InChI is InChI=1S/C18H20N6O/c1-23-9-11-24(12-10-23)13-17-21-18(22-25-17)16-7-4-6-15(20-16)14-5-2-3-8-19-14/h2-8H,9-13H2,1H3. The number of piperazine rings is 1. The number of pyridine rings is 2. The summed E-state index contributed by atoms with van der Waals surface area (Å²) in [6.07, 6.45) is 1.76. The Morgan fingerprint density at radius 3 is 2.52 bits per heavy atom. The molecular formula is C18H20N6O.